The van der Waals surface area contributed by atoms with Crippen molar-refractivity contribution in [2.45, 2.75) is 13.8 Å². The average Bonchev–Trinajstić information content (AvgIpc) is 2.55. The molecule has 0 aromatic heterocycles. The van der Waals surface area contributed by atoms with Crippen molar-refractivity contribution in [1.82, 2.24) is 5.32 Å². The number of nitrogens with zero attached hydrogens (tertiary/aromatic N) is 1. The highest BCUT2D eigenvalue weighted by atomic mass is 16.6. The second-order valence-corrected chi connectivity index (χ2v) is 5.11. The Kier molecular flexibility index (Phi) is 5.26. The van der Waals surface area contributed by atoms with Crippen molar-refractivity contribution in [3.8, 4) is 0 Å². The third-order valence-corrected chi connectivity index (χ3v) is 3.34. The predicted octanol–water partition coefficient (Wildman–Crippen LogP) is 3.29. The second kappa shape index (κ2) is 7.36. The summed E-state index contributed by atoms with van der Waals surface area (Å²) in [6.07, 6.45) is 0. The van der Waals surface area contributed by atoms with Crippen LogP contribution in [0.4, 0.5) is 17.1 Å². The second-order valence-electron chi connectivity index (χ2n) is 5.11. The molecule has 0 spiro atoms. The van der Waals surface area contributed by atoms with Gasteiger partial charge >= 0.3 is 0 Å². The predicted molar refractivity (Wildman–Crippen MR) is 90.8 cm³/mol. The molecule has 0 saturated heterocycles. The van der Waals surface area contributed by atoms with Crippen molar-refractivity contribution in [1.29, 1.82) is 0 Å². The Morgan fingerprint density at radius 2 is 1.88 bits per heavy atom. The Labute approximate surface area is 138 Å². The third-order valence-electron chi connectivity index (χ3n) is 3.34. The molecule has 7 nitrogen and oxygen atoms in total. The lowest BCUT2D eigenvalue weighted by Gasteiger charge is -2.09. The maximum Gasteiger partial charge on any atom is 0.293 e. The zero-order valence-electron chi connectivity index (χ0n) is 13.3. The Morgan fingerprint density at radius 3 is 2.50 bits per heavy atom. The summed E-state index contributed by atoms with van der Waals surface area (Å²) in [5.74, 6) is -0.467. The van der Waals surface area contributed by atoms with Gasteiger partial charge in [-0.15, -0.1) is 0 Å². The molecule has 0 aliphatic carbocycles. The standard InChI is InChI=1S/C17H17N3O4/c1-3-18-17(22)13-5-4-6-14(9-13)19-15-8-7-12(11(2)21)10-16(15)20(23)24/h4-10,19H,3H2,1-2H3,(H,18,22). The summed E-state index contributed by atoms with van der Waals surface area (Å²) in [6, 6.07) is 10.9. The molecule has 0 aliphatic rings. The summed E-state index contributed by atoms with van der Waals surface area (Å²) >= 11 is 0. The van der Waals surface area contributed by atoms with Crippen LogP contribution in [-0.2, 0) is 0 Å². The molecule has 2 aromatic rings. The Bertz CT molecular complexity index is 802. The number of hydrogen-bond acceptors (Lipinski definition) is 5. The van der Waals surface area contributed by atoms with E-state index in [9.17, 15) is 19.7 Å². The quantitative estimate of drug-likeness (QED) is 0.481. The van der Waals surface area contributed by atoms with Crippen molar-refractivity contribution >= 4 is 28.8 Å². The number of nitro benzene ring substituents is 1. The lowest BCUT2D eigenvalue weighted by atomic mass is 10.1. The number of Topliss-reactive ketones (excluding diaryl/α,β-unsaturated/α-hetero) is 1. The van der Waals surface area contributed by atoms with Gasteiger partial charge in [0.25, 0.3) is 11.6 Å². The lowest BCUT2D eigenvalue weighted by molar-refractivity contribution is -0.383. The molecule has 0 heterocycles. The lowest BCUT2D eigenvalue weighted by Crippen LogP contribution is -2.22. The number of anilines is 2. The van der Waals surface area contributed by atoms with Gasteiger partial charge in [-0.2, -0.15) is 0 Å². The van der Waals surface area contributed by atoms with Gasteiger partial charge < -0.3 is 10.6 Å². The van der Waals surface area contributed by atoms with Crippen molar-refractivity contribution < 1.29 is 14.5 Å². The summed E-state index contributed by atoms with van der Waals surface area (Å²) in [6.45, 7) is 3.68. The van der Waals surface area contributed by atoms with E-state index in [4.69, 9.17) is 0 Å². The number of nitro groups is 1. The van der Waals surface area contributed by atoms with Crippen LogP contribution in [0.5, 0.6) is 0 Å². The highest BCUT2D eigenvalue weighted by Crippen LogP contribution is 2.29. The SMILES string of the molecule is CCNC(=O)c1cccc(Nc2ccc(C(C)=O)cc2[N+](=O)[O-])c1. The number of hydrogen-bond donors (Lipinski definition) is 2. The molecule has 2 rings (SSSR count). The van der Waals surface area contributed by atoms with Gasteiger partial charge in [0, 0.05) is 29.4 Å². The van der Waals surface area contributed by atoms with Crippen molar-refractivity contribution in [3.05, 3.63) is 63.7 Å². The van der Waals surface area contributed by atoms with Gasteiger partial charge in [0.2, 0.25) is 0 Å². The van der Waals surface area contributed by atoms with Gasteiger partial charge in [-0.1, -0.05) is 6.07 Å². The topological polar surface area (TPSA) is 101 Å². The molecule has 124 valence electrons. The number of benzene rings is 2. The number of nitrogens with one attached hydrogen (secondary N) is 2. The van der Waals surface area contributed by atoms with Gasteiger partial charge in [-0.05, 0) is 44.2 Å². The van der Waals surface area contributed by atoms with Gasteiger partial charge in [-0.3, -0.25) is 19.7 Å². The van der Waals surface area contributed by atoms with E-state index in [0.29, 0.717) is 17.8 Å². The number of carbonyl (C=O) groups is 2. The summed E-state index contributed by atoms with van der Waals surface area (Å²) in [4.78, 5) is 33.9. The van der Waals surface area contributed by atoms with E-state index in [1.165, 1.54) is 25.1 Å². The van der Waals surface area contributed by atoms with Gasteiger partial charge in [0.05, 0.1) is 4.92 Å². The molecule has 2 N–H and O–H groups in total. The molecule has 7 heteroatoms. The minimum absolute atomic E-state index is 0.203. The molecular weight excluding hydrogens is 310 g/mol. The smallest absolute Gasteiger partial charge is 0.293 e. The van der Waals surface area contributed by atoms with Crippen LogP contribution in [0.3, 0.4) is 0 Å². The van der Waals surface area contributed by atoms with Crippen LogP contribution >= 0.6 is 0 Å². The first kappa shape index (κ1) is 17.1. The molecule has 0 fully saturated rings. The molecule has 2 aromatic carbocycles. The minimum atomic E-state index is -0.553. The maximum absolute atomic E-state index is 11.9. The van der Waals surface area contributed by atoms with Crippen LogP contribution in [0.1, 0.15) is 34.6 Å². The molecule has 1 amide bonds. The normalized spacial score (nSPS) is 10.1. The molecule has 0 unspecified atom stereocenters. The van der Waals surface area contributed by atoms with E-state index in [1.54, 1.807) is 24.3 Å². The first-order chi connectivity index (χ1) is 11.4. The van der Waals surface area contributed by atoms with E-state index >= 15 is 0 Å². The van der Waals surface area contributed by atoms with E-state index in [0.717, 1.165) is 0 Å². The van der Waals surface area contributed by atoms with Crippen LogP contribution in [0.2, 0.25) is 0 Å². The van der Waals surface area contributed by atoms with Gasteiger partial charge in [0.15, 0.2) is 5.78 Å². The number of ketones is 1. The van der Waals surface area contributed by atoms with Crippen molar-refractivity contribution in [2.75, 3.05) is 11.9 Å². The Hall–Kier alpha value is -3.22. The first-order valence-corrected chi connectivity index (χ1v) is 7.37. The van der Waals surface area contributed by atoms with Crippen molar-refractivity contribution in [2.24, 2.45) is 0 Å². The number of rotatable bonds is 6. The van der Waals surface area contributed by atoms with E-state index in [1.807, 2.05) is 6.92 Å². The first-order valence-electron chi connectivity index (χ1n) is 7.37. The molecule has 0 saturated carbocycles. The number of carbonyl (C=O) groups excluding carboxylic acids is 2. The number of amides is 1. The monoisotopic (exact) mass is 327 g/mol. The Morgan fingerprint density at radius 1 is 1.12 bits per heavy atom. The summed E-state index contributed by atoms with van der Waals surface area (Å²) < 4.78 is 0. The summed E-state index contributed by atoms with van der Waals surface area (Å²) in [5, 5.41) is 16.9. The largest absolute Gasteiger partial charge is 0.352 e. The zero-order chi connectivity index (χ0) is 17.7. The van der Waals surface area contributed by atoms with Crippen LogP contribution < -0.4 is 10.6 Å². The third kappa shape index (κ3) is 3.95. The average molecular weight is 327 g/mol. The van der Waals surface area contributed by atoms with E-state index in [-0.39, 0.29) is 28.6 Å². The molecule has 0 atom stereocenters. The van der Waals surface area contributed by atoms with Crippen LogP contribution in [0.25, 0.3) is 0 Å². The summed E-state index contributed by atoms with van der Waals surface area (Å²) in [5.41, 5.74) is 1.30. The fourth-order valence-electron chi connectivity index (χ4n) is 2.16. The molecular formula is C17H17N3O4. The van der Waals surface area contributed by atoms with Crippen LogP contribution in [0.15, 0.2) is 42.5 Å². The fraction of sp³-hybridized carbons (Fsp3) is 0.176. The highest BCUT2D eigenvalue weighted by Gasteiger charge is 2.16. The van der Waals surface area contributed by atoms with Crippen molar-refractivity contribution in [3.63, 3.8) is 0 Å². The zero-order valence-corrected chi connectivity index (χ0v) is 13.3. The molecule has 0 radical (unpaired) electrons. The highest BCUT2D eigenvalue weighted by molar-refractivity contribution is 5.96. The van der Waals surface area contributed by atoms with E-state index < -0.39 is 4.92 Å². The van der Waals surface area contributed by atoms with Crippen LogP contribution in [-0.4, -0.2) is 23.2 Å². The minimum Gasteiger partial charge on any atom is -0.352 e. The maximum atomic E-state index is 11.9. The molecule has 0 aliphatic heterocycles. The molecule has 24 heavy (non-hydrogen) atoms. The Balaban J connectivity index is 2.34. The van der Waals surface area contributed by atoms with Gasteiger partial charge in [0.1, 0.15) is 5.69 Å². The van der Waals surface area contributed by atoms with Gasteiger partial charge in [-0.25, -0.2) is 0 Å². The fourth-order valence-corrected chi connectivity index (χ4v) is 2.16. The van der Waals surface area contributed by atoms with Crippen LogP contribution in [0, 0.1) is 10.1 Å². The molecule has 0 bridgehead atoms. The van der Waals surface area contributed by atoms with E-state index in [2.05, 4.69) is 10.6 Å². The summed E-state index contributed by atoms with van der Waals surface area (Å²) in [7, 11) is 0.